The number of ether oxygens (including phenoxy) is 2. The lowest BCUT2D eigenvalue weighted by molar-refractivity contribution is -0.257. The summed E-state index contributed by atoms with van der Waals surface area (Å²) < 4.78 is 11.9. The molecule has 4 unspecified atom stereocenters. The lowest BCUT2D eigenvalue weighted by Gasteiger charge is -2.73. The van der Waals surface area contributed by atoms with E-state index in [0.29, 0.717) is 36.2 Å². The zero-order valence-electron chi connectivity index (χ0n) is 24.3. The van der Waals surface area contributed by atoms with E-state index in [1.165, 1.54) is 32.1 Å². The minimum absolute atomic E-state index is 0.00469. The maximum Gasteiger partial charge on any atom is 0.302 e. The van der Waals surface area contributed by atoms with Crippen LogP contribution in [0.2, 0.25) is 0 Å². The van der Waals surface area contributed by atoms with Gasteiger partial charge in [0, 0.05) is 17.8 Å². The highest BCUT2D eigenvalue weighted by Crippen LogP contribution is 2.78. The molecule has 0 aromatic carbocycles. The molecule has 2 N–H and O–H groups in total. The van der Waals surface area contributed by atoms with E-state index in [9.17, 15) is 15.0 Å². The van der Waals surface area contributed by atoms with E-state index in [1.54, 1.807) is 6.92 Å². The van der Waals surface area contributed by atoms with E-state index in [0.717, 1.165) is 38.7 Å². The van der Waals surface area contributed by atoms with Crippen LogP contribution in [0.3, 0.4) is 0 Å². The molecule has 210 valence electrons. The smallest absolute Gasteiger partial charge is 0.302 e. The van der Waals surface area contributed by atoms with Crippen molar-refractivity contribution in [3.05, 3.63) is 0 Å². The first-order chi connectivity index (χ1) is 17.3. The van der Waals surface area contributed by atoms with E-state index in [-0.39, 0.29) is 39.8 Å². The molecule has 0 bridgehead atoms. The van der Waals surface area contributed by atoms with Gasteiger partial charge in [0.1, 0.15) is 0 Å². The van der Waals surface area contributed by atoms with E-state index < -0.39 is 11.5 Å². The second-order valence-electron chi connectivity index (χ2n) is 15.8. The fourth-order valence-electron chi connectivity index (χ4n) is 12.3. The molecule has 0 radical (unpaired) electrons. The van der Waals surface area contributed by atoms with Crippen LogP contribution in [0.25, 0.3) is 0 Å². The van der Waals surface area contributed by atoms with Gasteiger partial charge in [-0.05, 0) is 117 Å². The average Bonchev–Trinajstić information content (AvgIpc) is 3.47. The Morgan fingerprint density at radius 1 is 0.865 bits per heavy atom. The number of rotatable bonds is 4. The normalized spacial score (nSPS) is 58.5. The molecule has 5 saturated carbocycles. The maximum atomic E-state index is 11.9. The number of esters is 1. The summed E-state index contributed by atoms with van der Waals surface area (Å²) in [5.41, 5.74) is 0.353. The Kier molecular flexibility index (Phi) is 5.88. The Bertz CT molecular complexity index is 945. The first kappa shape index (κ1) is 26.6. The topological polar surface area (TPSA) is 79.3 Å². The minimum Gasteiger partial charge on any atom is -0.465 e. The van der Waals surface area contributed by atoms with Crippen molar-refractivity contribution in [3.8, 4) is 0 Å². The van der Waals surface area contributed by atoms with Crippen LogP contribution in [0.4, 0.5) is 0 Å². The SMILES string of the molecule is CC(=O)OC[C@]12CC[C@@H](C3(C)CO3)[C@@H]1C1CC[C@@H]3[C@@]4(C)CCC(O)C(C)(CO)[C@@H]4CC[C@@]3(C)[C@]1(C)CC2. The van der Waals surface area contributed by atoms with Gasteiger partial charge in [-0.2, -0.15) is 0 Å². The summed E-state index contributed by atoms with van der Waals surface area (Å²) in [4.78, 5) is 11.9. The fraction of sp³-hybridized carbons (Fsp3) is 0.969. The molecule has 6 fully saturated rings. The molecule has 5 nitrogen and oxygen atoms in total. The molecule has 1 saturated heterocycles. The molecule has 37 heavy (non-hydrogen) atoms. The highest BCUT2D eigenvalue weighted by molar-refractivity contribution is 5.65. The highest BCUT2D eigenvalue weighted by Gasteiger charge is 2.73. The van der Waals surface area contributed by atoms with Crippen LogP contribution in [0.1, 0.15) is 106 Å². The van der Waals surface area contributed by atoms with Crippen molar-refractivity contribution in [1.29, 1.82) is 0 Å². The van der Waals surface area contributed by atoms with E-state index >= 15 is 0 Å². The Morgan fingerprint density at radius 2 is 1.59 bits per heavy atom. The monoisotopic (exact) mass is 516 g/mol. The van der Waals surface area contributed by atoms with Crippen molar-refractivity contribution in [3.63, 3.8) is 0 Å². The first-order valence-electron chi connectivity index (χ1n) is 15.4. The summed E-state index contributed by atoms with van der Waals surface area (Å²) in [5, 5.41) is 21.5. The van der Waals surface area contributed by atoms with Gasteiger partial charge in [0.2, 0.25) is 0 Å². The Hall–Kier alpha value is -0.650. The number of hydrogen-bond donors (Lipinski definition) is 2. The Labute approximate surface area is 224 Å². The van der Waals surface area contributed by atoms with Crippen molar-refractivity contribution in [1.82, 2.24) is 0 Å². The summed E-state index contributed by atoms with van der Waals surface area (Å²) in [5.74, 6) is 2.58. The molecule has 1 heterocycles. The molecule has 1 aliphatic heterocycles. The van der Waals surface area contributed by atoms with Gasteiger partial charge in [-0.3, -0.25) is 4.79 Å². The second-order valence-corrected chi connectivity index (χ2v) is 15.8. The van der Waals surface area contributed by atoms with Gasteiger partial charge in [-0.1, -0.05) is 27.7 Å². The number of aliphatic hydroxyl groups excluding tert-OH is 2. The van der Waals surface area contributed by atoms with Crippen LogP contribution in [-0.4, -0.2) is 47.7 Å². The van der Waals surface area contributed by atoms with Gasteiger partial charge < -0.3 is 19.7 Å². The summed E-state index contributed by atoms with van der Waals surface area (Å²) in [7, 11) is 0. The third kappa shape index (κ3) is 3.35. The zero-order valence-corrected chi connectivity index (χ0v) is 24.3. The summed E-state index contributed by atoms with van der Waals surface area (Å²) in [6.07, 6.45) is 11.0. The number of fused-ring (bicyclic) bond motifs is 7. The number of epoxide rings is 1. The lowest BCUT2D eigenvalue weighted by Crippen LogP contribution is -2.67. The third-order valence-corrected chi connectivity index (χ3v) is 14.7. The maximum absolute atomic E-state index is 11.9. The largest absolute Gasteiger partial charge is 0.465 e. The van der Waals surface area contributed by atoms with Crippen molar-refractivity contribution in [2.75, 3.05) is 19.8 Å². The van der Waals surface area contributed by atoms with Gasteiger partial charge in [0.05, 0.1) is 31.5 Å². The molecule has 5 heteroatoms. The summed E-state index contributed by atoms with van der Waals surface area (Å²) >= 11 is 0. The fourth-order valence-corrected chi connectivity index (χ4v) is 12.3. The number of aliphatic hydroxyl groups is 2. The Morgan fingerprint density at radius 3 is 2.24 bits per heavy atom. The average molecular weight is 517 g/mol. The number of carbonyl (C=O) groups is 1. The van der Waals surface area contributed by atoms with Gasteiger partial charge >= 0.3 is 5.97 Å². The van der Waals surface area contributed by atoms with E-state index in [1.807, 2.05) is 0 Å². The van der Waals surface area contributed by atoms with Crippen LogP contribution < -0.4 is 0 Å². The van der Waals surface area contributed by atoms with Gasteiger partial charge in [0.25, 0.3) is 0 Å². The van der Waals surface area contributed by atoms with Gasteiger partial charge in [0.15, 0.2) is 0 Å². The molecule has 6 aliphatic rings. The Balaban J connectivity index is 1.37. The molecular weight excluding hydrogens is 464 g/mol. The van der Waals surface area contributed by atoms with Crippen molar-refractivity contribution in [2.45, 2.75) is 117 Å². The molecule has 0 aromatic rings. The number of hydrogen-bond acceptors (Lipinski definition) is 5. The summed E-state index contributed by atoms with van der Waals surface area (Å²) in [6.45, 7) is 15.4. The van der Waals surface area contributed by atoms with Crippen LogP contribution >= 0.6 is 0 Å². The van der Waals surface area contributed by atoms with Crippen LogP contribution in [0.5, 0.6) is 0 Å². The standard InChI is InChI=1S/C32H52O5/c1-20(34)36-19-32-14-9-22(31(6)18-37-31)26(32)21-7-8-24-27(2)12-11-25(35)28(3,17-33)23(27)10-13-30(24,5)29(21,4)15-16-32/h21-26,33,35H,7-19H2,1-6H3/t21?,22-,23-,24-,25?,26+,27+,28?,29-,30-,31?,32-/m1/s1. The van der Waals surface area contributed by atoms with Crippen LogP contribution in [-0.2, 0) is 14.3 Å². The molecular formula is C32H52O5. The second kappa shape index (κ2) is 8.19. The van der Waals surface area contributed by atoms with Crippen molar-refractivity contribution in [2.24, 2.45) is 56.7 Å². The van der Waals surface area contributed by atoms with Crippen molar-refractivity contribution >= 4 is 5.97 Å². The minimum atomic E-state index is -0.401. The quantitative estimate of drug-likeness (QED) is 0.367. The van der Waals surface area contributed by atoms with Crippen molar-refractivity contribution < 1.29 is 24.5 Å². The zero-order chi connectivity index (χ0) is 26.6. The van der Waals surface area contributed by atoms with Crippen LogP contribution in [0.15, 0.2) is 0 Å². The predicted octanol–water partition coefficient (Wildman–Crippen LogP) is 5.75. The molecule has 5 aliphatic carbocycles. The molecule has 0 aromatic heterocycles. The van der Waals surface area contributed by atoms with E-state index in [2.05, 4.69) is 34.6 Å². The van der Waals surface area contributed by atoms with Gasteiger partial charge in [-0.15, -0.1) is 0 Å². The molecule has 6 rings (SSSR count). The van der Waals surface area contributed by atoms with Gasteiger partial charge in [-0.25, -0.2) is 0 Å². The molecule has 0 amide bonds. The van der Waals surface area contributed by atoms with Crippen LogP contribution in [0, 0.1) is 56.7 Å². The molecule has 0 spiro atoms. The first-order valence-corrected chi connectivity index (χ1v) is 15.4. The van der Waals surface area contributed by atoms with E-state index in [4.69, 9.17) is 9.47 Å². The summed E-state index contributed by atoms with van der Waals surface area (Å²) in [6, 6.07) is 0. The number of carbonyl (C=O) groups excluding carboxylic acids is 1. The highest BCUT2D eigenvalue weighted by atomic mass is 16.6. The molecule has 12 atom stereocenters. The predicted molar refractivity (Wildman–Crippen MR) is 143 cm³/mol. The third-order valence-electron chi connectivity index (χ3n) is 14.7. The lowest BCUT2D eigenvalue weighted by atomic mass is 9.32.